The molecule has 0 spiro atoms. The van der Waals surface area contributed by atoms with Crippen LogP contribution in [-0.2, 0) is 27.7 Å². The number of thiazole rings is 1. The molecule has 11 heteroatoms. The van der Waals surface area contributed by atoms with Gasteiger partial charge in [0.25, 0.3) is 5.91 Å². The van der Waals surface area contributed by atoms with Gasteiger partial charge in [0.05, 0.1) is 24.8 Å². The van der Waals surface area contributed by atoms with Gasteiger partial charge < -0.3 is 14.6 Å². The summed E-state index contributed by atoms with van der Waals surface area (Å²) in [5.41, 5.74) is 1.77. The van der Waals surface area contributed by atoms with E-state index in [0.29, 0.717) is 23.0 Å². The second-order valence-corrected chi connectivity index (χ2v) is 9.18. The summed E-state index contributed by atoms with van der Waals surface area (Å²) >= 11 is 5.27. The van der Waals surface area contributed by atoms with E-state index < -0.39 is 23.3 Å². The topological polar surface area (TPSA) is 89.9 Å². The maximum Gasteiger partial charge on any atom is 0.276 e. The van der Waals surface area contributed by atoms with Gasteiger partial charge in [0.2, 0.25) is 11.5 Å². The number of nitrogens with zero attached hydrogens (tertiary/aromatic N) is 3. The number of allylic oxidation sites excluding steroid dienone is 1. The Morgan fingerprint density at radius 3 is 2.82 bits per heavy atom. The van der Waals surface area contributed by atoms with Crippen LogP contribution in [0.1, 0.15) is 10.6 Å². The smallest absolute Gasteiger partial charge is 0.276 e. The lowest BCUT2D eigenvalue weighted by Gasteiger charge is -2.26. The van der Waals surface area contributed by atoms with Crippen LogP contribution in [0.15, 0.2) is 76.3 Å². The predicted molar refractivity (Wildman–Crippen MR) is 128 cm³/mol. The molecule has 0 aliphatic carbocycles. The van der Waals surface area contributed by atoms with E-state index in [4.69, 9.17) is 16.3 Å². The molecule has 3 aromatic rings. The van der Waals surface area contributed by atoms with Crippen molar-refractivity contribution in [2.45, 2.75) is 6.61 Å². The molecule has 2 aromatic carbocycles. The van der Waals surface area contributed by atoms with Gasteiger partial charge in [-0.25, -0.2) is 9.37 Å². The Morgan fingerprint density at radius 1 is 1.27 bits per heavy atom. The van der Waals surface area contributed by atoms with E-state index in [0.717, 1.165) is 11.6 Å². The molecule has 1 N–H and O–H groups in total. The van der Waals surface area contributed by atoms with Crippen LogP contribution in [-0.4, -0.2) is 38.6 Å². The summed E-state index contributed by atoms with van der Waals surface area (Å²) in [6.45, 7) is 0.765. The lowest BCUT2D eigenvalue weighted by Crippen LogP contribution is -2.40. The molecular formula is C22H18ClFN4O3S2. The van der Waals surface area contributed by atoms with Gasteiger partial charge in [-0.05, 0) is 28.2 Å². The second-order valence-electron chi connectivity index (χ2n) is 6.80. The molecule has 170 valence electrons. The molecule has 0 bridgehead atoms. The van der Waals surface area contributed by atoms with E-state index in [1.165, 1.54) is 33.9 Å². The number of rotatable bonds is 8. The molecule has 1 amide bonds. The van der Waals surface area contributed by atoms with E-state index in [2.05, 4.69) is 14.7 Å². The SMILES string of the molecule is O=C(Nc1ccc(F)c(Cl)c1)C1=CC(c2nccs2)=N[S+]([O-])N1CCOCc1ccccc1. The molecule has 0 radical (unpaired) electrons. The molecule has 33 heavy (non-hydrogen) atoms. The van der Waals surface area contributed by atoms with Crippen molar-refractivity contribution < 1.29 is 18.5 Å². The Labute approximate surface area is 202 Å². The van der Waals surface area contributed by atoms with Crippen molar-refractivity contribution in [1.29, 1.82) is 0 Å². The van der Waals surface area contributed by atoms with E-state index >= 15 is 0 Å². The maximum absolute atomic E-state index is 13.5. The van der Waals surface area contributed by atoms with Crippen molar-refractivity contribution in [2.24, 2.45) is 4.40 Å². The summed E-state index contributed by atoms with van der Waals surface area (Å²) in [7, 11) is 0. The van der Waals surface area contributed by atoms with Crippen LogP contribution >= 0.6 is 22.9 Å². The van der Waals surface area contributed by atoms with Crippen molar-refractivity contribution in [3.63, 3.8) is 0 Å². The Morgan fingerprint density at radius 2 is 2.09 bits per heavy atom. The highest BCUT2D eigenvalue weighted by Gasteiger charge is 2.34. The molecule has 1 unspecified atom stereocenters. The third kappa shape index (κ3) is 5.98. The van der Waals surface area contributed by atoms with Gasteiger partial charge in [-0.3, -0.25) is 4.79 Å². The standard InChI is InChI=1S/C22H18ClFN4O3S2/c23-17-12-16(6-7-18(17)24)26-21(29)20-13-19(22-25-8-11-32-22)27-33(30)28(20)9-10-31-14-15-4-2-1-3-5-15/h1-8,11-13H,9-10,14H2,(H,26,29). The Bertz CT molecular complexity index is 1180. The molecular weight excluding hydrogens is 487 g/mol. The first kappa shape index (κ1) is 23.4. The minimum absolute atomic E-state index is 0.120. The molecule has 4 rings (SSSR count). The summed E-state index contributed by atoms with van der Waals surface area (Å²) in [6.07, 6.45) is 3.13. The highest BCUT2D eigenvalue weighted by Crippen LogP contribution is 2.25. The molecule has 0 saturated heterocycles. The van der Waals surface area contributed by atoms with Crippen molar-refractivity contribution >= 4 is 51.8 Å². The molecule has 1 atom stereocenters. The zero-order valence-corrected chi connectivity index (χ0v) is 19.5. The lowest BCUT2D eigenvalue weighted by molar-refractivity contribution is -0.113. The van der Waals surface area contributed by atoms with Crippen molar-refractivity contribution in [3.05, 3.63) is 93.3 Å². The van der Waals surface area contributed by atoms with E-state index in [1.807, 2.05) is 30.3 Å². The summed E-state index contributed by atoms with van der Waals surface area (Å²) in [5, 5.41) is 4.85. The highest BCUT2D eigenvalue weighted by molar-refractivity contribution is 7.88. The van der Waals surface area contributed by atoms with Crippen molar-refractivity contribution in [3.8, 4) is 0 Å². The molecule has 1 aromatic heterocycles. The number of amides is 1. The summed E-state index contributed by atoms with van der Waals surface area (Å²) < 4.78 is 37.6. The third-order valence-corrected chi connectivity index (χ3v) is 6.71. The van der Waals surface area contributed by atoms with Gasteiger partial charge in [0, 0.05) is 23.3 Å². The number of carbonyl (C=O) groups is 1. The fraction of sp³-hybridized carbons (Fsp3) is 0.136. The number of carbonyl (C=O) groups excluding carboxylic acids is 1. The first-order valence-electron chi connectivity index (χ1n) is 9.79. The Hall–Kier alpha value is -2.76. The number of benzene rings is 2. The number of hydrogen-bond donors (Lipinski definition) is 1. The number of nitrogens with one attached hydrogen (secondary N) is 1. The molecule has 2 heterocycles. The van der Waals surface area contributed by atoms with Crippen LogP contribution in [0.4, 0.5) is 10.1 Å². The zero-order valence-electron chi connectivity index (χ0n) is 17.1. The van der Waals surface area contributed by atoms with Gasteiger partial charge in [-0.2, -0.15) is 4.31 Å². The molecule has 0 fully saturated rings. The minimum Gasteiger partial charge on any atom is -0.566 e. The molecule has 7 nitrogen and oxygen atoms in total. The summed E-state index contributed by atoms with van der Waals surface area (Å²) in [5.74, 6) is -1.14. The first-order valence-corrected chi connectivity index (χ1v) is 12.1. The largest absolute Gasteiger partial charge is 0.566 e. The van der Waals surface area contributed by atoms with Crippen LogP contribution in [0, 0.1) is 5.82 Å². The van der Waals surface area contributed by atoms with Crippen LogP contribution in [0.2, 0.25) is 5.02 Å². The number of halogens is 2. The Balaban J connectivity index is 1.50. The minimum atomic E-state index is -1.86. The van der Waals surface area contributed by atoms with Gasteiger partial charge in [-0.15, -0.1) is 11.3 Å². The number of ether oxygens (including phenoxy) is 1. The second kappa shape index (κ2) is 10.9. The average Bonchev–Trinajstić information content (AvgIpc) is 3.35. The number of hydrogen-bond acceptors (Lipinski definition) is 7. The summed E-state index contributed by atoms with van der Waals surface area (Å²) in [6, 6.07) is 13.5. The normalized spacial score (nSPS) is 15.7. The van der Waals surface area contributed by atoms with Gasteiger partial charge >= 0.3 is 0 Å². The molecule has 0 saturated carbocycles. The third-order valence-electron chi connectivity index (χ3n) is 4.52. The van der Waals surface area contributed by atoms with Crippen molar-refractivity contribution in [1.82, 2.24) is 9.29 Å². The number of aromatic nitrogens is 1. The van der Waals surface area contributed by atoms with E-state index in [1.54, 1.807) is 11.6 Å². The highest BCUT2D eigenvalue weighted by atomic mass is 35.5. The molecule has 1 aliphatic heterocycles. The van der Waals surface area contributed by atoms with E-state index in [9.17, 15) is 13.7 Å². The van der Waals surface area contributed by atoms with E-state index in [-0.39, 0.29) is 23.9 Å². The van der Waals surface area contributed by atoms with Crippen molar-refractivity contribution in [2.75, 3.05) is 18.5 Å². The average molecular weight is 505 g/mol. The summed E-state index contributed by atoms with van der Waals surface area (Å²) in [4.78, 5) is 17.3. The maximum atomic E-state index is 13.5. The van der Waals surface area contributed by atoms with Gasteiger partial charge in [0.1, 0.15) is 10.8 Å². The Kier molecular flexibility index (Phi) is 7.73. The predicted octanol–water partition coefficient (Wildman–Crippen LogP) is 4.36. The number of anilines is 1. The van der Waals surface area contributed by atoms with Crippen LogP contribution in [0.25, 0.3) is 0 Å². The van der Waals surface area contributed by atoms with Gasteiger partial charge in [-0.1, -0.05) is 41.9 Å². The fourth-order valence-electron chi connectivity index (χ4n) is 2.95. The quantitative estimate of drug-likeness (QED) is 0.363. The van der Waals surface area contributed by atoms with Crippen LogP contribution in [0.5, 0.6) is 0 Å². The van der Waals surface area contributed by atoms with Crippen LogP contribution in [0.3, 0.4) is 0 Å². The zero-order chi connectivity index (χ0) is 23.2. The fourth-order valence-corrected chi connectivity index (χ4v) is 4.73. The monoisotopic (exact) mass is 504 g/mol. The first-order chi connectivity index (χ1) is 16.0. The van der Waals surface area contributed by atoms with Crippen LogP contribution < -0.4 is 5.32 Å². The van der Waals surface area contributed by atoms with Gasteiger partial charge in [0.15, 0.2) is 11.4 Å². The molecule has 1 aliphatic rings. The lowest BCUT2D eigenvalue weighted by atomic mass is 10.2.